The van der Waals surface area contributed by atoms with Crippen molar-refractivity contribution < 1.29 is 14.4 Å². The number of hydrogen-bond acceptors (Lipinski definition) is 4. The van der Waals surface area contributed by atoms with Crippen molar-refractivity contribution in [1.29, 1.82) is 0 Å². The Morgan fingerprint density at radius 1 is 1.29 bits per heavy atom. The van der Waals surface area contributed by atoms with Crippen LogP contribution < -0.4 is 5.32 Å². The van der Waals surface area contributed by atoms with E-state index in [1.54, 1.807) is 29.3 Å². The third-order valence-electron chi connectivity index (χ3n) is 2.27. The van der Waals surface area contributed by atoms with E-state index in [1.807, 2.05) is 0 Å². The van der Waals surface area contributed by atoms with Crippen LogP contribution in [0.2, 0.25) is 5.02 Å². The largest absolute Gasteiger partial charge is 0.430 e. The molecule has 1 aliphatic heterocycles. The van der Waals surface area contributed by atoms with E-state index in [-0.39, 0.29) is 0 Å². The van der Waals surface area contributed by atoms with Crippen molar-refractivity contribution in [2.24, 2.45) is 0 Å². The number of nitrogens with zero attached hydrogens (tertiary/aromatic N) is 1. The van der Waals surface area contributed by atoms with Crippen molar-refractivity contribution in [2.75, 3.05) is 31.6 Å². The van der Waals surface area contributed by atoms with E-state index in [0.29, 0.717) is 37.0 Å². The van der Waals surface area contributed by atoms with Gasteiger partial charge < -0.3 is 9.57 Å². The molecule has 1 aliphatic rings. The van der Waals surface area contributed by atoms with Gasteiger partial charge in [0, 0.05) is 10.7 Å². The second kappa shape index (κ2) is 5.86. The van der Waals surface area contributed by atoms with Crippen LogP contribution >= 0.6 is 11.6 Å². The molecule has 0 unspecified atom stereocenters. The fraction of sp³-hybridized carbons (Fsp3) is 0.364. The van der Waals surface area contributed by atoms with Crippen LogP contribution in [-0.2, 0) is 9.57 Å². The highest BCUT2D eigenvalue weighted by molar-refractivity contribution is 6.30. The minimum absolute atomic E-state index is 0.505. The second-order valence-electron chi connectivity index (χ2n) is 3.55. The van der Waals surface area contributed by atoms with E-state index in [4.69, 9.17) is 21.2 Å². The Morgan fingerprint density at radius 2 is 1.94 bits per heavy atom. The lowest BCUT2D eigenvalue weighted by Gasteiger charge is -2.24. The monoisotopic (exact) mass is 256 g/mol. The number of nitrogens with one attached hydrogen (secondary N) is 1. The fourth-order valence-corrected chi connectivity index (χ4v) is 1.56. The summed E-state index contributed by atoms with van der Waals surface area (Å²) >= 11 is 5.74. The molecule has 0 bridgehead atoms. The number of hydroxylamine groups is 2. The molecule has 0 aromatic heterocycles. The van der Waals surface area contributed by atoms with Crippen LogP contribution in [0.1, 0.15) is 0 Å². The maximum Gasteiger partial charge on any atom is 0.430 e. The summed E-state index contributed by atoms with van der Waals surface area (Å²) in [7, 11) is 0. The van der Waals surface area contributed by atoms with Gasteiger partial charge in [-0.3, -0.25) is 5.32 Å². The van der Waals surface area contributed by atoms with Crippen molar-refractivity contribution >= 4 is 23.4 Å². The molecular weight excluding hydrogens is 244 g/mol. The molecule has 1 aromatic rings. The first-order valence-electron chi connectivity index (χ1n) is 5.31. The van der Waals surface area contributed by atoms with Gasteiger partial charge in [-0.05, 0) is 24.3 Å². The maximum absolute atomic E-state index is 11.5. The van der Waals surface area contributed by atoms with Crippen LogP contribution in [0, 0.1) is 0 Å². The Kier molecular flexibility index (Phi) is 4.19. The SMILES string of the molecule is O=C(Nc1ccc(Cl)cc1)ON1CCOCC1. The van der Waals surface area contributed by atoms with Crippen molar-refractivity contribution in [3.8, 4) is 0 Å². The average molecular weight is 257 g/mol. The first-order chi connectivity index (χ1) is 8.24. The minimum atomic E-state index is -0.505. The Hall–Kier alpha value is -1.30. The molecule has 0 atom stereocenters. The van der Waals surface area contributed by atoms with Gasteiger partial charge in [-0.2, -0.15) is 0 Å². The van der Waals surface area contributed by atoms with Crippen molar-refractivity contribution in [3.05, 3.63) is 29.3 Å². The summed E-state index contributed by atoms with van der Waals surface area (Å²) < 4.78 is 5.14. The number of rotatable bonds is 2. The first-order valence-corrected chi connectivity index (χ1v) is 5.69. The summed E-state index contributed by atoms with van der Waals surface area (Å²) in [5.41, 5.74) is 0.646. The molecule has 0 aliphatic carbocycles. The molecule has 0 saturated carbocycles. The number of amides is 1. The second-order valence-corrected chi connectivity index (χ2v) is 3.99. The Labute approximate surface area is 104 Å². The summed E-state index contributed by atoms with van der Waals surface area (Å²) in [6, 6.07) is 6.82. The zero-order valence-electron chi connectivity index (χ0n) is 9.19. The highest BCUT2D eigenvalue weighted by Crippen LogP contribution is 2.13. The van der Waals surface area contributed by atoms with Gasteiger partial charge in [-0.25, -0.2) is 4.79 Å². The lowest BCUT2D eigenvalue weighted by atomic mass is 10.3. The molecule has 1 heterocycles. The highest BCUT2D eigenvalue weighted by atomic mass is 35.5. The molecule has 1 aromatic carbocycles. The van der Waals surface area contributed by atoms with E-state index < -0.39 is 6.09 Å². The molecule has 1 amide bonds. The Balaban J connectivity index is 1.82. The molecule has 17 heavy (non-hydrogen) atoms. The average Bonchev–Trinajstić information content (AvgIpc) is 2.33. The van der Waals surface area contributed by atoms with Gasteiger partial charge in [0.2, 0.25) is 0 Å². The van der Waals surface area contributed by atoms with E-state index in [9.17, 15) is 4.79 Å². The Bertz CT molecular complexity index is 377. The summed E-state index contributed by atoms with van der Waals surface area (Å²) in [4.78, 5) is 16.6. The number of carbonyl (C=O) groups excluding carboxylic acids is 1. The summed E-state index contributed by atoms with van der Waals surface area (Å²) in [6.07, 6.45) is -0.505. The standard InChI is InChI=1S/C11H13ClN2O3/c12-9-1-3-10(4-2-9)13-11(15)17-14-5-7-16-8-6-14/h1-4H,5-8H2,(H,13,15). The van der Waals surface area contributed by atoms with Crippen molar-refractivity contribution in [1.82, 2.24) is 5.06 Å². The molecule has 2 rings (SSSR count). The number of anilines is 1. The third-order valence-corrected chi connectivity index (χ3v) is 2.52. The van der Waals surface area contributed by atoms with E-state index >= 15 is 0 Å². The third kappa shape index (κ3) is 3.89. The molecule has 1 saturated heterocycles. The number of hydrogen-bond donors (Lipinski definition) is 1. The smallest absolute Gasteiger partial charge is 0.379 e. The molecule has 1 N–H and O–H groups in total. The number of halogens is 1. The molecular formula is C11H13ClN2O3. The van der Waals surface area contributed by atoms with Gasteiger partial charge in [-0.15, -0.1) is 5.06 Å². The zero-order chi connectivity index (χ0) is 12.1. The number of carbonyl (C=O) groups is 1. The quantitative estimate of drug-likeness (QED) is 0.881. The normalized spacial score (nSPS) is 16.5. The summed E-state index contributed by atoms with van der Waals surface area (Å²) in [5, 5.41) is 4.81. The predicted octanol–water partition coefficient (Wildman–Crippen LogP) is 2.14. The van der Waals surface area contributed by atoms with Gasteiger partial charge in [0.25, 0.3) is 0 Å². The Morgan fingerprint density at radius 3 is 2.59 bits per heavy atom. The lowest BCUT2D eigenvalue weighted by molar-refractivity contribution is -0.142. The van der Waals surface area contributed by atoms with Gasteiger partial charge in [0.05, 0.1) is 26.3 Å². The van der Waals surface area contributed by atoms with Crippen molar-refractivity contribution in [3.63, 3.8) is 0 Å². The number of morpholine rings is 1. The van der Waals surface area contributed by atoms with E-state index in [0.717, 1.165) is 0 Å². The molecule has 6 heteroatoms. The van der Waals surface area contributed by atoms with Gasteiger partial charge in [-0.1, -0.05) is 11.6 Å². The van der Waals surface area contributed by atoms with Crippen LogP contribution in [0.4, 0.5) is 10.5 Å². The fourth-order valence-electron chi connectivity index (χ4n) is 1.43. The van der Waals surface area contributed by atoms with Gasteiger partial charge in [0.15, 0.2) is 0 Å². The van der Waals surface area contributed by atoms with E-state index in [2.05, 4.69) is 5.32 Å². The predicted molar refractivity (Wildman–Crippen MR) is 63.9 cm³/mol. The maximum atomic E-state index is 11.5. The topological polar surface area (TPSA) is 50.8 Å². The van der Waals surface area contributed by atoms with Crippen molar-refractivity contribution in [2.45, 2.75) is 0 Å². The molecule has 1 fully saturated rings. The molecule has 92 valence electrons. The molecule has 0 spiro atoms. The zero-order valence-corrected chi connectivity index (χ0v) is 9.94. The molecule has 5 nitrogen and oxygen atoms in total. The van der Waals surface area contributed by atoms with Crippen LogP contribution in [-0.4, -0.2) is 37.5 Å². The lowest BCUT2D eigenvalue weighted by Crippen LogP contribution is -2.39. The van der Waals surface area contributed by atoms with Crippen LogP contribution in [0.25, 0.3) is 0 Å². The van der Waals surface area contributed by atoms with E-state index in [1.165, 1.54) is 0 Å². The number of benzene rings is 1. The van der Waals surface area contributed by atoms with Crippen LogP contribution in [0.3, 0.4) is 0 Å². The molecule has 0 radical (unpaired) electrons. The number of ether oxygens (including phenoxy) is 1. The first kappa shape index (κ1) is 12.2. The minimum Gasteiger partial charge on any atom is -0.379 e. The summed E-state index contributed by atoms with van der Waals surface area (Å²) in [5.74, 6) is 0. The van der Waals surface area contributed by atoms with Crippen LogP contribution in [0.5, 0.6) is 0 Å². The van der Waals surface area contributed by atoms with Gasteiger partial charge >= 0.3 is 6.09 Å². The highest BCUT2D eigenvalue weighted by Gasteiger charge is 2.15. The summed E-state index contributed by atoms with van der Waals surface area (Å²) in [6.45, 7) is 2.34. The van der Waals surface area contributed by atoms with Gasteiger partial charge in [0.1, 0.15) is 0 Å². The van der Waals surface area contributed by atoms with Crippen LogP contribution in [0.15, 0.2) is 24.3 Å².